The number of carbonyl (C=O) groups excluding carboxylic acids is 1. The lowest BCUT2D eigenvalue weighted by Crippen LogP contribution is -2.44. The molecule has 0 bridgehead atoms. The Bertz CT molecular complexity index is 1360. The number of nitrogen functional groups attached to an aromatic ring is 1. The standard InChI is InChI=1S/C25H33N7O6/c1-14(32-23-19(28-25(32)36)21(26)29-24(30-23)38-11-10-37-2)16-6-8-31(9-7-16)20(22(27)35)17-5-3-4-15(12-17)13-18(33)34/h3-5,12,14,16,20H,6-11,13H2,1-2H3,(H2,27,35)(H,28,36)(H,33,34)(H2,26,29,30). The van der Waals surface area contributed by atoms with Crippen LogP contribution >= 0.6 is 0 Å². The van der Waals surface area contributed by atoms with Crippen LogP contribution in [0.5, 0.6) is 6.01 Å². The van der Waals surface area contributed by atoms with E-state index >= 15 is 0 Å². The molecule has 0 aliphatic carbocycles. The van der Waals surface area contributed by atoms with Crippen LogP contribution in [0.25, 0.3) is 11.2 Å². The van der Waals surface area contributed by atoms with E-state index in [0.717, 1.165) is 0 Å². The Morgan fingerprint density at radius 1 is 1.24 bits per heavy atom. The number of amides is 1. The van der Waals surface area contributed by atoms with Gasteiger partial charge in [-0.1, -0.05) is 24.3 Å². The molecular formula is C25H33N7O6. The van der Waals surface area contributed by atoms with Gasteiger partial charge >= 0.3 is 17.7 Å². The first-order valence-electron chi connectivity index (χ1n) is 12.4. The van der Waals surface area contributed by atoms with Crippen LogP contribution in [0.1, 0.15) is 43.0 Å². The molecule has 1 amide bonds. The van der Waals surface area contributed by atoms with Crippen molar-refractivity contribution < 1.29 is 24.2 Å². The Balaban J connectivity index is 1.52. The zero-order valence-corrected chi connectivity index (χ0v) is 21.4. The smallest absolute Gasteiger partial charge is 0.328 e. The monoisotopic (exact) mass is 527 g/mol. The molecule has 3 aromatic rings. The molecular weight excluding hydrogens is 494 g/mol. The number of hydrogen-bond acceptors (Lipinski definition) is 9. The van der Waals surface area contributed by atoms with E-state index < -0.39 is 17.9 Å². The number of benzene rings is 1. The zero-order chi connectivity index (χ0) is 27.4. The van der Waals surface area contributed by atoms with Gasteiger partial charge in [0, 0.05) is 13.2 Å². The lowest BCUT2D eigenvalue weighted by Gasteiger charge is -2.38. The first-order valence-corrected chi connectivity index (χ1v) is 12.4. The molecule has 1 aromatic carbocycles. The van der Waals surface area contributed by atoms with Crippen molar-refractivity contribution in [1.29, 1.82) is 0 Å². The minimum absolute atomic E-state index is 0.0660. The number of primary amides is 1. The van der Waals surface area contributed by atoms with E-state index in [1.165, 1.54) is 0 Å². The van der Waals surface area contributed by atoms with Gasteiger partial charge in [-0.3, -0.25) is 19.1 Å². The van der Waals surface area contributed by atoms with E-state index in [2.05, 4.69) is 15.0 Å². The molecule has 204 valence electrons. The van der Waals surface area contributed by atoms with E-state index in [-0.39, 0.29) is 42.5 Å². The van der Waals surface area contributed by atoms with Crippen molar-refractivity contribution in [1.82, 2.24) is 24.4 Å². The van der Waals surface area contributed by atoms with E-state index in [0.29, 0.717) is 54.8 Å². The van der Waals surface area contributed by atoms with Crippen LogP contribution in [0.2, 0.25) is 0 Å². The highest BCUT2D eigenvalue weighted by atomic mass is 16.5. The first kappa shape index (κ1) is 27.1. The summed E-state index contributed by atoms with van der Waals surface area (Å²) in [5.41, 5.74) is 13.5. The molecule has 13 heteroatoms. The Morgan fingerprint density at radius 3 is 2.63 bits per heavy atom. The Morgan fingerprint density at radius 2 is 1.97 bits per heavy atom. The number of aromatic amines is 1. The number of nitrogens with two attached hydrogens (primary N) is 2. The van der Waals surface area contributed by atoms with Crippen LogP contribution in [0.15, 0.2) is 29.1 Å². The van der Waals surface area contributed by atoms with Crippen LogP contribution < -0.4 is 21.9 Å². The second kappa shape index (κ2) is 11.6. The van der Waals surface area contributed by atoms with Gasteiger partial charge < -0.3 is 31.0 Å². The van der Waals surface area contributed by atoms with Crippen molar-refractivity contribution in [2.45, 2.75) is 38.3 Å². The molecule has 0 spiro atoms. The molecule has 1 fully saturated rings. The number of piperidine rings is 1. The number of nitrogens with zero attached hydrogens (tertiary/aromatic N) is 4. The highest BCUT2D eigenvalue weighted by molar-refractivity contribution is 5.82. The summed E-state index contributed by atoms with van der Waals surface area (Å²) in [7, 11) is 1.56. The summed E-state index contributed by atoms with van der Waals surface area (Å²) in [6, 6.07) is 6.14. The van der Waals surface area contributed by atoms with Crippen molar-refractivity contribution >= 4 is 28.9 Å². The number of rotatable bonds is 11. The van der Waals surface area contributed by atoms with Gasteiger partial charge in [-0.25, -0.2) is 4.79 Å². The van der Waals surface area contributed by atoms with Crippen molar-refractivity contribution in [3.63, 3.8) is 0 Å². The van der Waals surface area contributed by atoms with Crippen LogP contribution in [0.3, 0.4) is 0 Å². The van der Waals surface area contributed by atoms with E-state index in [1.807, 2.05) is 11.8 Å². The SMILES string of the molecule is COCCOc1nc(N)c2[nH]c(=O)n(C(C)C3CCN(C(C(N)=O)c4cccc(CC(=O)O)c4)CC3)c2n1. The average molecular weight is 528 g/mol. The predicted octanol–water partition coefficient (Wildman–Crippen LogP) is 0.854. The molecule has 3 heterocycles. The minimum atomic E-state index is -0.944. The maximum Gasteiger partial charge on any atom is 0.328 e. The molecule has 1 aliphatic rings. The second-order valence-corrected chi connectivity index (χ2v) is 9.47. The maximum absolute atomic E-state index is 12.9. The molecule has 4 rings (SSSR count). The minimum Gasteiger partial charge on any atom is -0.481 e. The Hall–Kier alpha value is -3.97. The van der Waals surface area contributed by atoms with Gasteiger partial charge in [0.15, 0.2) is 11.5 Å². The number of likely N-dealkylation sites (tertiary alicyclic amines) is 1. The number of nitrogens with one attached hydrogen (secondary N) is 1. The number of imidazole rings is 1. The second-order valence-electron chi connectivity index (χ2n) is 9.47. The number of hydrogen-bond donors (Lipinski definition) is 4. The Labute approximate surface area is 218 Å². The molecule has 38 heavy (non-hydrogen) atoms. The summed E-state index contributed by atoms with van der Waals surface area (Å²) in [5.74, 6) is -1.20. The largest absolute Gasteiger partial charge is 0.481 e. The third kappa shape index (κ3) is 5.78. The number of fused-ring (bicyclic) bond motifs is 1. The molecule has 1 aliphatic heterocycles. The van der Waals surface area contributed by atoms with Crippen LogP contribution in [-0.4, -0.2) is 74.8 Å². The summed E-state index contributed by atoms with van der Waals surface area (Å²) < 4.78 is 12.1. The number of carboxylic acids is 1. The highest BCUT2D eigenvalue weighted by Crippen LogP contribution is 2.33. The van der Waals surface area contributed by atoms with Crippen molar-refractivity contribution in [3.8, 4) is 6.01 Å². The molecule has 0 saturated carbocycles. The zero-order valence-electron chi connectivity index (χ0n) is 21.4. The first-order chi connectivity index (χ1) is 18.2. The van der Waals surface area contributed by atoms with Crippen molar-refractivity contribution in [2.24, 2.45) is 11.7 Å². The Kier molecular flexibility index (Phi) is 8.27. The fraction of sp³-hybridized carbons (Fsp3) is 0.480. The summed E-state index contributed by atoms with van der Waals surface area (Å²) in [4.78, 5) is 49.8. The number of anilines is 1. The number of ether oxygens (including phenoxy) is 2. The summed E-state index contributed by atoms with van der Waals surface area (Å²) >= 11 is 0. The van der Waals surface area contributed by atoms with E-state index in [9.17, 15) is 14.4 Å². The van der Waals surface area contributed by atoms with Crippen molar-refractivity contribution in [3.05, 3.63) is 45.9 Å². The summed E-state index contributed by atoms with van der Waals surface area (Å²) in [6.45, 7) is 3.70. The molecule has 2 aromatic heterocycles. The number of aliphatic carboxylic acids is 1. The number of H-pyrrole nitrogens is 1. The van der Waals surface area contributed by atoms with Gasteiger partial charge in [0.2, 0.25) is 5.91 Å². The van der Waals surface area contributed by atoms with Gasteiger partial charge in [-0.05, 0) is 49.9 Å². The third-order valence-corrected chi connectivity index (χ3v) is 7.02. The molecule has 0 radical (unpaired) electrons. The number of methoxy groups -OCH3 is 1. The average Bonchev–Trinajstić information content (AvgIpc) is 3.20. The number of aromatic nitrogens is 4. The fourth-order valence-electron chi connectivity index (χ4n) is 5.13. The summed E-state index contributed by atoms with van der Waals surface area (Å²) in [5, 5.41) is 9.12. The summed E-state index contributed by atoms with van der Waals surface area (Å²) in [6.07, 6.45) is 1.28. The van der Waals surface area contributed by atoms with Gasteiger partial charge in [-0.15, -0.1) is 0 Å². The molecule has 6 N–H and O–H groups in total. The van der Waals surface area contributed by atoms with Gasteiger partial charge in [-0.2, -0.15) is 9.97 Å². The lowest BCUT2D eigenvalue weighted by molar-refractivity contribution is -0.136. The van der Waals surface area contributed by atoms with Crippen LogP contribution in [-0.2, 0) is 20.7 Å². The van der Waals surface area contributed by atoms with Crippen LogP contribution in [0.4, 0.5) is 5.82 Å². The normalized spacial score (nSPS) is 16.4. The van der Waals surface area contributed by atoms with E-state index in [1.54, 1.807) is 35.9 Å². The lowest BCUT2D eigenvalue weighted by atomic mass is 9.88. The van der Waals surface area contributed by atoms with Gasteiger partial charge in [0.25, 0.3) is 0 Å². The quantitative estimate of drug-likeness (QED) is 0.260. The highest BCUT2D eigenvalue weighted by Gasteiger charge is 2.33. The molecule has 1 saturated heterocycles. The fourth-order valence-corrected chi connectivity index (χ4v) is 5.13. The number of carbonyl (C=O) groups is 2. The van der Waals surface area contributed by atoms with Crippen molar-refractivity contribution in [2.75, 3.05) is 39.1 Å². The number of carboxylic acid groups (broad SMARTS) is 1. The predicted molar refractivity (Wildman–Crippen MR) is 139 cm³/mol. The third-order valence-electron chi connectivity index (χ3n) is 7.02. The topological polar surface area (TPSA) is 192 Å². The van der Waals surface area contributed by atoms with Crippen LogP contribution in [0, 0.1) is 5.92 Å². The molecule has 13 nitrogen and oxygen atoms in total. The molecule has 2 unspecified atom stereocenters. The molecule has 2 atom stereocenters. The van der Waals surface area contributed by atoms with E-state index in [4.69, 9.17) is 26.0 Å². The maximum atomic E-state index is 12.9. The van der Waals surface area contributed by atoms with Gasteiger partial charge in [0.1, 0.15) is 18.2 Å². The van der Waals surface area contributed by atoms with Gasteiger partial charge in [0.05, 0.1) is 13.0 Å².